The van der Waals surface area contributed by atoms with Gasteiger partial charge in [0.15, 0.2) is 6.10 Å². The maximum Gasteiger partial charge on any atom is 0.266 e. The first-order valence-corrected chi connectivity index (χ1v) is 9.62. The van der Waals surface area contributed by atoms with Gasteiger partial charge >= 0.3 is 0 Å². The average Bonchev–Trinajstić information content (AvgIpc) is 3.31. The van der Waals surface area contributed by atoms with Gasteiger partial charge in [-0.1, -0.05) is 18.2 Å². The lowest BCUT2D eigenvalue weighted by Crippen LogP contribution is -2.37. The lowest BCUT2D eigenvalue weighted by Gasteiger charge is -2.28. The van der Waals surface area contributed by atoms with Gasteiger partial charge in [0.05, 0.1) is 24.5 Å². The van der Waals surface area contributed by atoms with Crippen LogP contribution in [-0.2, 0) is 14.4 Å². The maximum atomic E-state index is 13.5. The molecule has 7 heteroatoms. The summed E-state index contributed by atoms with van der Waals surface area (Å²) in [5.41, 5.74) is 2.15. The molecular formula is C23H19N3O4. The number of nitrogens with zero attached hydrogens (tertiary/aromatic N) is 3. The zero-order chi connectivity index (χ0) is 20.7. The first-order valence-electron chi connectivity index (χ1n) is 9.62. The lowest BCUT2D eigenvalue weighted by molar-refractivity contribution is -0.126. The minimum absolute atomic E-state index is 0.282. The van der Waals surface area contributed by atoms with Crippen LogP contribution < -0.4 is 14.7 Å². The highest BCUT2D eigenvalue weighted by atomic mass is 16.7. The molecule has 30 heavy (non-hydrogen) atoms. The lowest BCUT2D eigenvalue weighted by atomic mass is 9.91. The van der Waals surface area contributed by atoms with Gasteiger partial charge < -0.3 is 4.74 Å². The van der Waals surface area contributed by atoms with Crippen LogP contribution in [0.3, 0.4) is 0 Å². The number of pyridine rings is 1. The Morgan fingerprint density at radius 1 is 0.867 bits per heavy atom. The average molecular weight is 401 g/mol. The number of hydroxylamine groups is 1. The Morgan fingerprint density at radius 2 is 1.57 bits per heavy atom. The van der Waals surface area contributed by atoms with Crippen LogP contribution in [0, 0.1) is 5.92 Å². The minimum atomic E-state index is -0.891. The van der Waals surface area contributed by atoms with E-state index < -0.39 is 18.1 Å². The fraction of sp³-hybridized carbons (Fsp3) is 0.174. The van der Waals surface area contributed by atoms with Crippen molar-refractivity contribution in [1.82, 2.24) is 4.98 Å². The van der Waals surface area contributed by atoms with E-state index in [9.17, 15) is 9.59 Å². The van der Waals surface area contributed by atoms with Crippen molar-refractivity contribution in [3.05, 3.63) is 84.7 Å². The Morgan fingerprint density at radius 3 is 2.23 bits per heavy atom. The van der Waals surface area contributed by atoms with E-state index in [0.717, 1.165) is 11.3 Å². The van der Waals surface area contributed by atoms with Gasteiger partial charge in [-0.15, -0.1) is 0 Å². The third-order valence-corrected chi connectivity index (χ3v) is 5.50. The van der Waals surface area contributed by atoms with Crippen molar-refractivity contribution >= 4 is 23.2 Å². The molecule has 0 N–H and O–H groups in total. The Balaban J connectivity index is 1.55. The quantitative estimate of drug-likeness (QED) is 0.626. The number of para-hydroxylation sites is 1. The van der Waals surface area contributed by atoms with Crippen LogP contribution in [-0.4, -0.2) is 30.0 Å². The molecule has 0 saturated carbocycles. The maximum absolute atomic E-state index is 13.5. The predicted molar refractivity (Wildman–Crippen MR) is 110 cm³/mol. The van der Waals surface area contributed by atoms with Gasteiger partial charge in [0.25, 0.3) is 5.91 Å². The Kier molecular flexibility index (Phi) is 4.44. The monoisotopic (exact) mass is 401 g/mol. The third-order valence-electron chi connectivity index (χ3n) is 5.50. The second kappa shape index (κ2) is 7.27. The molecule has 0 bridgehead atoms. The molecule has 0 spiro atoms. The fourth-order valence-electron chi connectivity index (χ4n) is 4.10. The van der Waals surface area contributed by atoms with E-state index in [1.165, 1.54) is 4.90 Å². The molecular weight excluding hydrogens is 382 g/mol. The normalized spacial score (nSPS) is 23.0. The second-order valence-corrected chi connectivity index (χ2v) is 7.15. The SMILES string of the molecule is COc1ccc(N2C(=O)[C@H]3[C@H](ON(c4ccccc4)[C@H]3c3ccncc3)C2=O)cc1. The van der Waals surface area contributed by atoms with Crippen LogP contribution in [0.1, 0.15) is 11.6 Å². The Labute approximate surface area is 173 Å². The third kappa shape index (κ3) is 2.83. The molecule has 2 aliphatic heterocycles. The van der Waals surface area contributed by atoms with Gasteiger partial charge in [-0.3, -0.25) is 19.4 Å². The van der Waals surface area contributed by atoms with E-state index >= 15 is 0 Å². The van der Waals surface area contributed by atoms with Crippen molar-refractivity contribution in [2.24, 2.45) is 5.92 Å². The molecule has 2 saturated heterocycles. The van der Waals surface area contributed by atoms with Crippen molar-refractivity contribution in [1.29, 1.82) is 0 Å². The number of ether oxygens (including phenoxy) is 1. The molecule has 3 atom stereocenters. The molecule has 1 aromatic heterocycles. The van der Waals surface area contributed by atoms with Crippen LogP contribution >= 0.6 is 0 Å². The van der Waals surface area contributed by atoms with Crippen LogP contribution in [0.4, 0.5) is 11.4 Å². The van der Waals surface area contributed by atoms with E-state index in [1.807, 2.05) is 42.5 Å². The summed E-state index contributed by atoms with van der Waals surface area (Å²) in [5.74, 6) is -0.663. The molecule has 7 nitrogen and oxygen atoms in total. The zero-order valence-corrected chi connectivity index (χ0v) is 16.2. The van der Waals surface area contributed by atoms with Crippen LogP contribution in [0.5, 0.6) is 5.75 Å². The van der Waals surface area contributed by atoms with E-state index in [1.54, 1.807) is 48.8 Å². The van der Waals surface area contributed by atoms with Gasteiger partial charge in [0.1, 0.15) is 11.7 Å². The molecule has 2 amide bonds. The highest BCUT2D eigenvalue weighted by molar-refractivity contribution is 6.23. The number of carbonyl (C=O) groups is 2. The number of rotatable bonds is 4. The number of amides is 2. The molecule has 2 aromatic carbocycles. The summed E-state index contributed by atoms with van der Waals surface area (Å²) in [7, 11) is 1.57. The summed E-state index contributed by atoms with van der Waals surface area (Å²) in [5, 5.41) is 1.67. The topological polar surface area (TPSA) is 72.0 Å². The Hall–Kier alpha value is -3.71. The van der Waals surface area contributed by atoms with Crippen molar-refractivity contribution in [3.63, 3.8) is 0 Å². The molecule has 0 unspecified atom stereocenters. The largest absolute Gasteiger partial charge is 0.497 e. The smallest absolute Gasteiger partial charge is 0.266 e. The number of benzene rings is 2. The number of methoxy groups -OCH3 is 1. The number of hydrogen-bond donors (Lipinski definition) is 0. The van der Waals surface area contributed by atoms with Gasteiger partial charge in [-0.25, -0.2) is 9.96 Å². The summed E-state index contributed by atoms with van der Waals surface area (Å²) < 4.78 is 5.17. The van der Waals surface area contributed by atoms with Crippen molar-refractivity contribution in [2.45, 2.75) is 12.1 Å². The number of anilines is 2. The molecule has 5 rings (SSSR count). The summed E-state index contributed by atoms with van der Waals surface area (Å²) >= 11 is 0. The molecule has 0 radical (unpaired) electrons. The molecule has 150 valence electrons. The summed E-state index contributed by atoms with van der Waals surface area (Å²) in [4.78, 5) is 38.1. The van der Waals surface area contributed by atoms with E-state index in [2.05, 4.69) is 4.98 Å². The number of hydrogen-bond acceptors (Lipinski definition) is 6. The number of imide groups is 1. The number of aromatic nitrogens is 1. The molecule has 2 aliphatic rings. The van der Waals surface area contributed by atoms with Crippen LogP contribution in [0.25, 0.3) is 0 Å². The molecule has 2 fully saturated rings. The molecule has 3 heterocycles. The first kappa shape index (κ1) is 18.3. The van der Waals surface area contributed by atoms with Crippen molar-refractivity contribution < 1.29 is 19.2 Å². The number of carbonyl (C=O) groups excluding carboxylic acids is 2. The highest BCUT2D eigenvalue weighted by Gasteiger charge is 2.60. The van der Waals surface area contributed by atoms with E-state index in [0.29, 0.717) is 11.4 Å². The van der Waals surface area contributed by atoms with Gasteiger partial charge in [-0.05, 0) is 54.1 Å². The van der Waals surface area contributed by atoms with Crippen molar-refractivity contribution in [3.8, 4) is 5.75 Å². The van der Waals surface area contributed by atoms with Gasteiger partial charge in [0.2, 0.25) is 5.91 Å². The summed E-state index contributed by atoms with van der Waals surface area (Å²) in [6.45, 7) is 0. The molecule has 0 aliphatic carbocycles. The zero-order valence-electron chi connectivity index (χ0n) is 16.2. The van der Waals surface area contributed by atoms with Crippen LogP contribution in [0.15, 0.2) is 79.1 Å². The van der Waals surface area contributed by atoms with E-state index in [-0.39, 0.29) is 11.8 Å². The predicted octanol–water partition coefficient (Wildman–Crippen LogP) is 3.14. The number of fused-ring (bicyclic) bond motifs is 1. The Bertz CT molecular complexity index is 1070. The van der Waals surface area contributed by atoms with E-state index in [4.69, 9.17) is 9.57 Å². The first-order chi connectivity index (χ1) is 14.7. The molecule has 3 aromatic rings. The minimum Gasteiger partial charge on any atom is -0.497 e. The van der Waals surface area contributed by atoms with Crippen LogP contribution in [0.2, 0.25) is 0 Å². The second-order valence-electron chi connectivity index (χ2n) is 7.15. The fourth-order valence-corrected chi connectivity index (χ4v) is 4.10. The summed E-state index contributed by atoms with van der Waals surface area (Å²) in [6.07, 6.45) is 2.46. The standard InChI is InChI=1S/C23H19N3O4/c1-29-18-9-7-16(8-10-18)25-22(27)19-20(15-11-13-24-14-12-15)26(30-21(19)23(25)28)17-5-3-2-4-6-17/h2-14,19-21H,1H3/t19-,20+,21+/m1/s1. The van der Waals surface area contributed by atoms with Crippen molar-refractivity contribution in [2.75, 3.05) is 17.1 Å². The van der Waals surface area contributed by atoms with Gasteiger partial charge in [0, 0.05) is 12.4 Å². The summed E-state index contributed by atoms with van der Waals surface area (Å²) in [6, 6.07) is 19.6. The highest BCUT2D eigenvalue weighted by Crippen LogP contribution is 2.47. The van der Waals surface area contributed by atoms with Gasteiger partial charge in [-0.2, -0.15) is 0 Å².